The third-order valence-corrected chi connectivity index (χ3v) is 6.17. The van der Waals surface area contributed by atoms with Crippen molar-refractivity contribution >= 4 is 10.9 Å². The molecule has 0 aliphatic carbocycles. The van der Waals surface area contributed by atoms with E-state index >= 15 is 0 Å². The summed E-state index contributed by atoms with van der Waals surface area (Å²) in [5.41, 5.74) is 1.88. The summed E-state index contributed by atoms with van der Waals surface area (Å²) in [6.45, 7) is 3.94. The van der Waals surface area contributed by atoms with E-state index in [-0.39, 0.29) is 0 Å². The third-order valence-electron chi connectivity index (χ3n) is 3.76. The minimum atomic E-state index is -0.602. The fourth-order valence-electron chi connectivity index (χ4n) is 2.66. The molecule has 1 nitrogen and oxygen atoms in total. The van der Waals surface area contributed by atoms with Crippen molar-refractivity contribution in [2.24, 2.45) is 0 Å². The van der Waals surface area contributed by atoms with Crippen LogP contribution >= 0.6 is 10.9 Å². The van der Waals surface area contributed by atoms with E-state index in [0.717, 1.165) is 11.1 Å². The summed E-state index contributed by atoms with van der Waals surface area (Å²) in [5, 5.41) is 10.1. The van der Waals surface area contributed by atoms with E-state index in [4.69, 9.17) is 0 Å². The summed E-state index contributed by atoms with van der Waals surface area (Å²) in [4.78, 5) is 3.93. The van der Waals surface area contributed by atoms with Gasteiger partial charge in [0.15, 0.2) is 0 Å². The molecule has 3 aromatic rings. The first-order valence-electron chi connectivity index (χ1n) is 7.37. The minimum Gasteiger partial charge on any atom is -0.507 e. The fourth-order valence-corrected chi connectivity index (χ4v) is 5.14. The number of thiol groups is 1. The number of aromatic hydroxyl groups is 1. The van der Waals surface area contributed by atoms with Gasteiger partial charge in [-0.25, -0.2) is 0 Å². The first-order chi connectivity index (χ1) is 10.7. The highest BCUT2D eigenvalue weighted by atomic mass is 32.2. The second-order valence-corrected chi connectivity index (χ2v) is 7.65. The minimum absolute atomic E-state index is 0.403. The van der Waals surface area contributed by atoms with Gasteiger partial charge in [0.05, 0.1) is 0 Å². The molecule has 0 heterocycles. The molecule has 1 N–H and O–H groups in total. The van der Waals surface area contributed by atoms with Crippen molar-refractivity contribution in [2.45, 2.75) is 28.5 Å². The van der Waals surface area contributed by atoms with E-state index in [1.54, 1.807) is 0 Å². The lowest BCUT2D eigenvalue weighted by atomic mass is 10.1. The molecule has 0 bridgehead atoms. The smallest absolute Gasteiger partial charge is 0.121 e. The lowest BCUT2D eigenvalue weighted by Gasteiger charge is -2.24. The molecule has 3 rings (SSSR count). The van der Waals surface area contributed by atoms with Crippen LogP contribution in [0.3, 0.4) is 0 Å². The van der Waals surface area contributed by atoms with Crippen LogP contribution in [0.4, 0.5) is 0 Å². The second-order valence-electron chi connectivity index (χ2n) is 5.43. The van der Waals surface area contributed by atoms with Gasteiger partial charge in [-0.15, -0.1) is 0 Å². The quantitative estimate of drug-likeness (QED) is 0.613. The molecule has 0 spiro atoms. The van der Waals surface area contributed by atoms with Crippen LogP contribution in [0.2, 0.25) is 0 Å². The van der Waals surface area contributed by atoms with Gasteiger partial charge in [0.2, 0.25) is 0 Å². The zero-order chi connectivity index (χ0) is 15.5. The van der Waals surface area contributed by atoms with E-state index in [1.165, 1.54) is 14.7 Å². The molecule has 0 saturated heterocycles. The highest BCUT2D eigenvalue weighted by Crippen LogP contribution is 2.52. The van der Waals surface area contributed by atoms with Crippen LogP contribution in [0, 0.1) is 13.8 Å². The standard InChI is InChI=1S/C20H20OS/c1-15-13-19(14-16(2)20(15)21)22(17-9-5-3-6-10-17)18-11-7-4-8-12-18/h3-14,21-22H,1-2H3. The number of phenols is 1. The van der Waals surface area contributed by atoms with Crippen LogP contribution in [0.1, 0.15) is 11.1 Å². The molecule has 112 valence electrons. The number of hydrogen-bond acceptors (Lipinski definition) is 1. The summed E-state index contributed by atoms with van der Waals surface area (Å²) in [5.74, 6) is 0.403. The van der Waals surface area contributed by atoms with E-state index in [2.05, 4.69) is 72.8 Å². The van der Waals surface area contributed by atoms with Gasteiger partial charge in [-0.05, 0) is 76.1 Å². The van der Waals surface area contributed by atoms with Gasteiger partial charge >= 0.3 is 0 Å². The Kier molecular flexibility index (Phi) is 4.21. The van der Waals surface area contributed by atoms with Gasteiger partial charge < -0.3 is 5.11 Å². The average Bonchev–Trinajstić information content (AvgIpc) is 2.55. The van der Waals surface area contributed by atoms with Crippen molar-refractivity contribution in [1.82, 2.24) is 0 Å². The van der Waals surface area contributed by atoms with Crippen molar-refractivity contribution in [3.8, 4) is 5.75 Å². The van der Waals surface area contributed by atoms with Crippen LogP contribution in [-0.4, -0.2) is 5.11 Å². The lowest BCUT2D eigenvalue weighted by Crippen LogP contribution is -1.91. The maximum absolute atomic E-state index is 10.1. The van der Waals surface area contributed by atoms with Crippen molar-refractivity contribution in [3.05, 3.63) is 83.9 Å². The number of phenolic OH excluding ortho intramolecular Hbond substituents is 1. The first-order valence-corrected chi connectivity index (χ1v) is 8.71. The number of hydrogen-bond donors (Lipinski definition) is 2. The van der Waals surface area contributed by atoms with E-state index < -0.39 is 10.9 Å². The molecule has 0 radical (unpaired) electrons. The van der Waals surface area contributed by atoms with E-state index in [1.807, 2.05) is 13.8 Å². The maximum Gasteiger partial charge on any atom is 0.121 e. The van der Waals surface area contributed by atoms with Crippen molar-refractivity contribution < 1.29 is 5.11 Å². The Morgan fingerprint density at radius 1 is 0.636 bits per heavy atom. The summed E-state index contributed by atoms with van der Waals surface area (Å²) in [7, 11) is -0.602. The van der Waals surface area contributed by atoms with Gasteiger partial charge in [0, 0.05) is 0 Å². The molecular formula is C20H20OS. The molecule has 0 aromatic heterocycles. The summed E-state index contributed by atoms with van der Waals surface area (Å²) < 4.78 is 0. The molecule has 0 fully saturated rings. The van der Waals surface area contributed by atoms with Gasteiger partial charge in [-0.3, -0.25) is 0 Å². The Bertz CT molecular complexity index is 704. The van der Waals surface area contributed by atoms with Crippen LogP contribution < -0.4 is 0 Å². The Morgan fingerprint density at radius 3 is 1.45 bits per heavy atom. The third kappa shape index (κ3) is 2.88. The Hall–Kier alpha value is -2.19. The Morgan fingerprint density at radius 2 is 1.05 bits per heavy atom. The molecule has 0 amide bonds. The molecule has 0 atom stereocenters. The van der Waals surface area contributed by atoms with E-state index in [0.29, 0.717) is 5.75 Å². The molecule has 3 aromatic carbocycles. The van der Waals surface area contributed by atoms with Crippen LogP contribution in [0.5, 0.6) is 5.75 Å². The predicted octanol–water partition coefficient (Wildman–Crippen LogP) is 5.49. The zero-order valence-electron chi connectivity index (χ0n) is 12.8. The summed E-state index contributed by atoms with van der Waals surface area (Å²) >= 11 is 0. The van der Waals surface area contributed by atoms with Crippen LogP contribution in [-0.2, 0) is 0 Å². The molecule has 0 aliphatic heterocycles. The second kappa shape index (κ2) is 6.29. The van der Waals surface area contributed by atoms with Gasteiger partial charge in [0.1, 0.15) is 5.75 Å². The van der Waals surface area contributed by atoms with Crippen LogP contribution in [0.15, 0.2) is 87.5 Å². The molecule has 0 aliphatic rings. The average molecular weight is 308 g/mol. The Balaban J connectivity index is 2.19. The van der Waals surface area contributed by atoms with Gasteiger partial charge in [-0.2, -0.15) is 10.9 Å². The normalized spacial score (nSPS) is 11.3. The number of benzene rings is 3. The van der Waals surface area contributed by atoms with Crippen molar-refractivity contribution in [1.29, 1.82) is 0 Å². The molecular weight excluding hydrogens is 288 g/mol. The van der Waals surface area contributed by atoms with E-state index in [9.17, 15) is 5.11 Å². The van der Waals surface area contributed by atoms with Gasteiger partial charge in [-0.1, -0.05) is 36.4 Å². The van der Waals surface area contributed by atoms with Crippen molar-refractivity contribution in [3.63, 3.8) is 0 Å². The molecule has 2 heteroatoms. The summed E-state index contributed by atoms with van der Waals surface area (Å²) in [6, 6.07) is 25.5. The SMILES string of the molecule is Cc1cc([SH](c2ccccc2)c2ccccc2)cc(C)c1O. The topological polar surface area (TPSA) is 20.2 Å². The fraction of sp³-hybridized carbons (Fsp3) is 0.100. The monoisotopic (exact) mass is 308 g/mol. The largest absolute Gasteiger partial charge is 0.507 e. The highest BCUT2D eigenvalue weighted by molar-refractivity contribution is 8.17. The zero-order valence-corrected chi connectivity index (χ0v) is 13.7. The number of rotatable bonds is 3. The predicted molar refractivity (Wildman–Crippen MR) is 94.2 cm³/mol. The number of aryl methyl sites for hydroxylation is 2. The molecule has 0 saturated carbocycles. The lowest BCUT2D eigenvalue weighted by molar-refractivity contribution is 0.466. The van der Waals surface area contributed by atoms with Crippen LogP contribution in [0.25, 0.3) is 0 Å². The van der Waals surface area contributed by atoms with Crippen molar-refractivity contribution in [2.75, 3.05) is 0 Å². The first kappa shape index (κ1) is 14.7. The highest BCUT2D eigenvalue weighted by Gasteiger charge is 2.14. The maximum atomic E-state index is 10.1. The van der Waals surface area contributed by atoms with Gasteiger partial charge in [0.25, 0.3) is 0 Å². The Labute approximate surface area is 134 Å². The molecule has 0 unspecified atom stereocenters. The summed E-state index contributed by atoms with van der Waals surface area (Å²) in [6.07, 6.45) is 0. The molecule has 22 heavy (non-hydrogen) atoms.